The first kappa shape index (κ1) is 22.0. The number of nitrogens with one attached hydrogen (secondary N) is 2. The molecule has 0 saturated carbocycles. The molecule has 1 atom stereocenters. The maximum absolute atomic E-state index is 5.51. The van der Waals surface area contributed by atoms with Crippen LogP contribution in [0.2, 0.25) is 0 Å². The number of hydrogen-bond acceptors (Lipinski definition) is 5. The van der Waals surface area contributed by atoms with Crippen LogP contribution in [-0.4, -0.2) is 77.1 Å². The molecular formula is C21H39N7O. The van der Waals surface area contributed by atoms with E-state index < -0.39 is 0 Å². The third kappa shape index (κ3) is 6.67. The van der Waals surface area contributed by atoms with Crippen molar-refractivity contribution < 1.29 is 4.74 Å². The molecule has 0 aromatic carbocycles. The summed E-state index contributed by atoms with van der Waals surface area (Å²) in [6.45, 7) is 14.2. The Morgan fingerprint density at radius 3 is 2.83 bits per heavy atom. The van der Waals surface area contributed by atoms with Gasteiger partial charge in [0.05, 0.1) is 13.2 Å². The van der Waals surface area contributed by atoms with Gasteiger partial charge in [0.1, 0.15) is 12.2 Å². The van der Waals surface area contributed by atoms with E-state index in [2.05, 4.69) is 51.1 Å². The van der Waals surface area contributed by atoms with Gasteiger partial charge in [-0.3, -0.25) is 9.89 Å². The van der Waals surface area contributed by atoms with Crippen molar-refractivity contribution in [1.29, 1.82) is 0 Å². The van der Waals surface area contributed by atoms with Gasteiger partial charge in [0, 0.05) is 44.1 Å². The van der Waals surface area contributed by atoms with Crippen LogP contribution in [0, 0.1) is 5.92 Å². The number of piperidine rings is 1. The number of rotatable bonds is 9. The molecule has 1 aromatic heterocycles. The van der Waals surface area contributed by atoms with Gasteiger partial charge in [-0.2, -0.15) is 0 Å². The van der Waals surface area contributed by atoms with E-state index in [0.29, 0.717) is 5.92 Å². The first-order valence-electron chi connectivity index (χ1n) is 11.3. The fourth-order valence-electron chi connectivity index (χ4n) is 4.07. The summed E-state index contributed by atoms with van der Waals surface area (Å²) in [6, 6.07) is 0. The molecule has 2 saturated heterocycles. The minimum Gasteiger partial charge on any atom is -0.381 e. The number of nitrogens with zero attached hydrogens (tertiary/aromatic N) is 5. The maximum atomic E-state index is 5.51. The predicted molar refractivity (Wildman–Crippen MR) is 116 cm³/mol. The van der Waals surface area contributed by atoms with Crippen LogP contribution < -0.4 is 10.6 Å². The van der Waals surface area contributed by atoms with Gasteiger partial charge in [0.2, 0.25) is 0 Å². The van der Waals surface area contributed by atoms with E-state index in [-0.39, 0.29) is 5.54 Å². The third-order valence-corrected chi connectivity index (χ3v) is 6.08. The van der Waals surface area contributed by atoms with Gasteiger partial charge >= 0.3 is 0 Å². The van der Waals surface area contributed by atoms with E-state index >= 15 is 0 Å². The molecule has 2 aliphatic heterocycles. The highest BCUT2D eigenvalue weighted by Gasteiger charge is 2.27. The first-order valence-corrected chi connectivity index (χ1v) is 11.3. The molecule has 164 valence electrons. The van der Waals surface area contributed by atoms with Gasteiger partial charge in [-0.25, -0.2) is 0 Å². The number of guanidine groups is 1. The van der Waals surface area contributed by atoms with E-state index in [1.807, 2.05) is 0 Å². The first-order chi connectivity index (χ1) is 14.1. The van der Waals surface area contributed by atoms with Crippen molar-refractivity contribution in [3.05, 3.63) is 12.2 Å². The van der Waals surface area contributed by atoms with Crippen molar-refractivity contribution in [2.45, 2.75) is 65.0 Å². The molecule has 2 N–H and O–H groups in total. The molecule has 0 aliphatic carbocycles. The van der Waals surface area contributed by atoms with Crippen LogP contribution in [0.15, 0.2) is 11.3 Å². The highest BCUT2D eigenvalue weighted by atomic mass is 16.5. The van der Waals surface area contributed by atoms with Crippen LogP contribution in [0.4, 0.5) is 0 Å². The van der Waals surface area contributed by atoms with Crippen LogP contribution in [0.25, 0.3) is 0 Å². The number of ether oxygens (including phenoxy) is 1. The summed E-state index contributed by atoms with van der Waals surface area (Å²) >= 11 is 0. The Labute approximate surface area is 175 Å². The van der Waals surface area contributed by atoms with Crippen molar-refractivity contribution in [3.63, 3.8) is 0 Å². The minimum atomic E-state index is 0.0785. The lowest BCUT2D eigenvalue weighted by Crippen LogP contribution is -2.50. The third-order valence-electron chi connectivity index (χ3n) is 6.08. The number of aryl methyl sites for hydroxylation is 1. The molecule has 0 spiro atoms. The smallest absolute Gasteiger partial charge is 0.191 e. The zero-order valence-electron chi connectivity index (χ0n) is 18.5. The summed E-state index contributed by atoms with van der Waals surface area (Å²) < 4.78 is 7.62. The molecule has 2 aliphatic rings. The maximum Gasteiger partial charge on any atom is 0.191 e. The average molecular weight is 406 g/mol. The molecule has 1 unspecified atom stereocenters. The van der Waals surface area contributed by atoms with Gasteiger partial charge in [-0.15, -0.1) is 10.2 Å². The zero-order chi connectivity index (χ0) is 20.5. The lowest BCUT2D eigenvalue weighted by Gasteiger charge is -2.40. The topological polar surface area (TPSA) is 79.6 Å². The van der Waals surface area contributed by atoms with Gasteiger partial charge in [-0.1, -0.05) is 13.3 Å². The lowest BCUT2D eigenvalue weighted by molar-refractivity contribution is 0.102. The van der Waals surface area contributed by atoms with Crippen molar-refractivity contribution in [1.82, 2.24) is 30.3 Å². The Morgan fingerprint density at radius 2 is 2.10 bits per heavy atom. The second kappa shape index (κ2) is 10.9. The Morgan fingerprint density at radius 1 is 1.28 bits per heavy atom. The van der Waals surface area contributed by atoms with Crippen LogP contribution in [0.5, 0.6) is 0 Å². The van der Waals surface area contributed by atoms with Crippen LogP contribution >= 0.6 is 0 Å². The molecule has 0 radical (unpaired) electrons. The molecular weight excluding hydrogens is 366 g/mol. The molecule has 0 amide bonds. The van der Waals surface area contributed by atoms with E-state index in [9.17, 15) is 0 Å². The highest BCUT2D eigenvalue weighted by molar-refractivity contribution is 5.79. The fourth-order valence-corrected chi connectivity index (χ4v) is 4.07. The minimum absolute atomic E-state index is 0.0785. The van der Waals surface area contributed by atoms with Crippen molar-refractivity contribution in [3.8, 4) is 0 Å². The molecule has 29 heavy (non-hydrogen) atoms. The molecule has 2 fully saturated rings. The predicted octanol–water partition coefficient (Wildman–Crippen LogP) is 1.68. The second-order valence-electron chi connectivity index (χ2n) is 8.86. The summed E-state index contributed by atoms with van der Waals surface area (Å²) in [6.07, 6.45) is 7.79. The average Bonchev–Trinajstić information content (AvgIpc) is 3.42. The molecule has 0 bridgehead atoms. The van der Waals surface area contributed by atoms with Gasteiger partial charge in [0.25, 0.3) is 0 Å². The number of aromatic nitrogens is 3. The van der Waals surface area contributed by atoms with Gasteiger partial charge in [-0.05, 0) is 46.2 Å². The Kier molecular flexibility index (Phi) is 8.29. The summed E-state index contributed by atoms with van der Waals surface area (Å²) in [5.74, 6) is 2.49. The number of aliphatic imine (C=N–C) groups is 1. The monoisotopic (exact) mass is 405 g/mol. The second-order valence-corrected chi connectivity index (χ2v) is 8.86. The quantitative estimate of drug-likeness (QED) is 0.481. The Bertz CT molecular complexity index is 631. The standard InChI is InChI=1S/C21H39N7O/c1-4-19-26-25-17-27(19)12-9-22-20(23-14-18-8-13-29-15-18)24-16-21(2,3)28-10-6-5-7-11-28/h17-18H,4-16H2,1-3H3,(H2,22,23,24). The zero-order valence-corrected chi connectivity index (χ0v) is 18.5. The largest absolute Gasteiger partial charge is 0.381 e. The van der Waals surface area contributed by atoms with Crippen LogP contribution in [0.3, 0.4) is 0 Å². The summed E-state index contributed by atoms with van der Waals surface area (Å²) in [5, 5.41) is 15.2. The van der Waals surface area contributed by atoms with E-state index in [0.717, 1.165) is 64.0 Å². The highest BCUT2D eigenvalue weighted by Crippen LogP contribution is 2.20. The van der Waals surface area contributed by atoms with Gasteiger partial charge in [0.15, 0.2) is 5.96 Å². The SMILES string of the molecule is CCc1nncn1CCNC(=NCC(C)(C)N1CCCCC1)NCC1CCOC1. The summed E-state index contributed by atoms with van der Waals surface area (Å²) in [4.78, 5) is 7.55. The van der Waals surface area contributed by atoms with Crippen molar-refractivity contribution in [2.24, 2.45) is 10.9 Å². The summed E-state index contributed by atoms with van der Waals surface area (Å²) in [7, 11) is 0. The van der Waals surface area contributed by atoms with Gasteiger partial charge < -0.3 is 19.9 Å². The normalized spacial score (nSPS) is 21.5. The molecule has 3 rings (SSSR count). The molecule has 8 heteroatoms. The summed E-state index contributed by atoms with van der Waals surface area (Å²) in [5.41, 5.74) is 0.0785. The van der Waals surface area contributed by atoms with Crippen LogP contribution in [-0.2, 0) is 17.7 Å². The van der Waals surface area contributed by atoms with Crippen molar-refractivity contribution in [2.75, 3.05) is 45.9 Å². The van der Waals surface area contributed by atoms with E-state index in [1.165, 1.54) is 32.4 Å². The molecule has 8 nitrogen and oxygen atoms in total. The van der Waals surface area contributed by atoms with Crippen LogP contribution in [0.1, 0.15) is 52.3 Å². The number of likely N-dealkylation sites (tertiary alicyclic amines) is 1. The Balaban J connectivity index is 1.55. The fraction of sp³-hybridized carbons (Fsp3) is 0.857. The van der Waals surface area contributed by atoms with Crippen molar-refractivity contribution >= 4 is 5.96 Å². The van der Waals surface area contributed by atoms with E-state index in [1.54, 1.807) is 6.33 Å². The number of hydrogen-bond donors (Lipinski definition) is 2. The van der Waals surface area contributed by atoms with E-state index in [4.69, 9.17) is 9.73 Å². The lowest BCUT2D eigenvalue weighted by atomic mass is 9.99. The molecule has 3 heterocycles. The molecule has 1 aromatic rings. The Hall–Kier alpha value is -1.67.